The van der Waals surface area contributed by atoms with Crippen molar-refractivity contribution in [1.82, 2.24) is 20.2 Å². The lowest BCUT2D eigenvalue weighted by Gasteiger charge is -2.27. The second-order valence-electron chi connectivity index (χ2n) is 12.6. The van der Waals surface area contributed by atoms with Gasteiger partial charge in [-0.05, 0) is 44.3 Å². The third-order valence-electron chi connectivity index (χ3n) is 8.29. The molecule has 1 aromatic carbocycles. The van der Waals surface area contributed by atoms with Gasteiger partial charge in [-0.25, -0.2) is 18.9 Å². The number of H-pyrrole nitrogens is 1. The summed E-state index contributed by atoms with van der Waals surface area (Å²) in [4.78, 5) is 76.4. The van der Waals surface area contributed by atoms with Crippen LogP contribution in [0.3, 0.4) is 0 Å². The largest absolute Gasteiger partial charge is 0.592 e. The van der Waals surface area contributed by atoms with E-state index < -0.39 is 92.4 Å². The van der Waals surface area contributed by atoms with Gasteiger partial charge in [0.2, 0.25) is 0 Å². The van der Waals surface area contributed by atoms with Crippen LogP contribution in [0.1, 0.15) is 70.1 Å². The monoisotopic (exact) mass is 784 g/mol. The summed E-state index contributed by atoms with van der Waals surface area (Å²) < 4.78 is 41.9. The number of aromatic amines is 1. The Balaban J connectivity index is 1.86. The van der Waals surface area contributed by atoms with E-state index in [2.05, 4.69) is 10.6 Å². The number of carbonyl (C=O) groups excluding carboxylic acids is 2. The smallest absolute Gasteiger partial charge is 0.481 e. The summed E-state index contributed by atoms with van der Waals surface area (Å²) in [5.74, 6) is -5.74. The van der Waals surface area contributed by atoms with Crippen LogP contribution in [0.5, 0.6) is 0 Å². The minimum absolute atomic E-state index is 0.149. The number of carboxylic acid groups (broad SMARTS) is 2. The molecule has 0 radical (unpaired) electrons. The number of ether oxygens (including phenoxy) is 2. The van der Waals surface area contributed by atoms with E-state index >= 15 is 0 Å². The standard InChI is InChI=1S/C34H49N4O15P/c1-3-4-10-16-35-23(19-27(40)41)32(45)52-54(48,51-30-25(21-49-2)50-31(29(30)44)38-18-15-26(39)37-34(38)47)53-33(46)24(20-28(42)43)36-17-11-6-9-14-22-12-7-5-8-13-22/h5,7-8,12-13,15,18,23-25,29-31,35-36,44H,3-4,6,9-11,14,16-17,19-21H2,1-2H3,(H,40,41)(H,42,43)(H,37,39,47)/t23-,24-,25+,29+,30+,31+,54?/m0/s1. The van der Waals surface area contributed by atoms with E-state index in [0.29, 0.717) is 19.3 Å². The number of aromatic nitrogens is 2. The molecule has 6 N–H and O–H groups in total. The fourth-order valence-corrected chi connectivity index (χ4v) is 6.97. The summed E-state index contributed by atoms with van der Waals surface area (Å²) in [5, 5.41) is 35.7. The maximum Gasteiger partial charge on any atom is 0.592 e. The number of phosphoric ester groups is 1. The number of benzene rings is 1. The van der Waals surface area contributed by atoms with Crippen molar-refractivity contribution in [3.63, 3.8) is 0 Å². The number of aliphatic carboxylic acids is 2. The van der Waals surface area contributed by atoms with E-state index in [1.807, 2.05) is 42.2 Å². The SMILES string of the molecule is CCCCCN[C@@H](CC(=O)O)C(=O)OP(=O)(OC(=O)[C@H](CC(=O)O)NCCCCCc1ccccc1)O[C@H]1[C@@H](O)[C@H](n2ccc(=O)[nH]c2=O)O[C@@H]1COC. The van der Waals surface area contributed by atoms with E-state index in [1.165, 1.54) is 7.11 Å². The summed E-state index contributed by atoms with van der Waals surface area (Å²) in [6.07, 6.45) is -2.32. The van der Waals surface area contributed by atoms with Gasteiger partial charge in [-0.3, -0.25) is 28.5 Å². The molecule has 20 heteroatoms. The number of rotatable bonds is 25. The molecule has 3 rings (SSSR count). The average Bonchev–Trinajstić information content (AvgIpc) is 3.40. The topological polar surface area (TPSA) is 271 Å². The van der Waals surface area contributed by atoms with Crippen LogP contribution in [0, 0.1) is 0 Å². The Morgan fingerprint density at radius 1 is 0.907 bits per heavy atom. The van der Waals surface area contributed by atoms with Crippen LogP contribution in [0.2, 0.25) is 0 Å². The number of nitrogens with one attached hydrogen (secondary N) is 3. The zero-order valence-corrected chi connectivity index (χ0v) is 31.0. The molecule has 2 heterocycles. The zero-order valence-electron chi connectivity index (χ0n) is 30.1. The summed E-state index contributed by atoms with van der Waals surface area (Å²) in [7, 11) is -4.30. The van der Waals surface area contributed by atoms with Crippen molar-refractivity contribution in [2.75, 3.05) is 26.8 Å². The number of aryl methyl sites for hydroxylation is 1. The van der Waals surface area contributed by atoms with Gasteiger partial charge >= 0.3 is 37.4 Å². The number of carboxylic acids is 2. The molecule has 300 valence electrons. The third-order valence-corrected chi connectivity index (χ3v) is 9.60. The Bertz CT molecular complexity index is 1690. The maximum atomic E-state index is 14.4. The lowest BCUT2D eigenvalue weighted by molar-refractivity contribution is -0.150. The van der Waals surface area contributed by atoms with Gasteiger partial charge in [0, 0.05) is 19.4 Å². The molecule has 7 atom stereocenters. The lowest BCUT2D eigenvalue weighted by Crippen LogP contribution is -2.43. The molecule has 54 heavy (non-hydrogen) atoms. The Morgan fingerprint density at radius 3 is 2.04 bits per heavy atom. The molecule has 1 saturated heterocycles. The van der Waals surface area contributed by atoms with Gasteiger partial charge in [-0.1, -0.05) is 56.5 Å². The number of aliphatic hydroxyl groups is 1. The molecular formula is C34H49N4O15P. The van der Waals surface area contributed by atoms with Crippen LogP contribution in [-0.4, -0.2) is 106 Å². The van der Waals surface area contributed by atoms with E-state index in [4.69, 9.17) is 23.0 Å². The molecule has 1 aliphatic rings. The highest BCUT2D eigenvalue weighted by molar-refractivity contribution is 7.49. The van der Waals surface area contributed by atoms with E-state index in [1.54, 1.807) is 0 Å². The number of hydrogen-bond acceptors (Lipinski definition) is 15. The van der Waals surface area contributed by atoms with Crippen LogP contribution in [0.4, 0.5) is 0 Å². The van der Waals surface area contributed by atoms with Crippen LogP contribution >= 0.6 is 7.82 Å². The Labute approximate surface area is 310 Å². The number of phosphoric acid groups is 1. The summed E-state index contributed by atoms with van der Waals surface area (Å²) in [6.45, 7) is 1.88. The molecule has 1 fully saturated rings. The van der Waals surface area contributed by atoms with Crippen molar-refractivity contribution in [2.24, 2.45) is 0 Å². The summed E-state index contributed by atoms with van der Waals surface area (Å²) in [5.41, 5.74) is -0.589. The van der Waals surface area contributed by atoms with Gasteiger partial charge in [-0.15, -0.1) is 0 Å². The minimum atomic E-state index is -5.55. The summed E-state index contributed by atoms with van der Waals surface area (Å²) in [6, 6.07) is 7.53. The van der Waals surface area contributed by atoms with Gasteiger partial charge < -0.3 is 44.5 Å². The molecule has 0 bridgehead atoms. The fourth-order valence-electron chi connectivity index (χ4n) is 5.59. The Hall–Kier alpha value is -4.23. The number of nitrogens with zero attached hydrogens (tertiary/aromatic N) is 1. The summed E-state index contributed by atoms with van der Waals surface area (Å²) >= 11 is 0. The van der Waals surface area contributed by atoms with Gasteiger partial charge in [0.05, 0.1) is 19.4 Å². The van der Waals surface area contributed by atoms with Gasteiger partial charge in [0.15, 0.2) is 6.23 Å². The number of carbonyl (C=O) groups is 4. The number of aliphatic hydroxyl groups excluding tert-OH is 1. The predicted octanol–water partition coefficient (Wildman–Crippen LogP) is 1.49. The van der Waals surface area contributed by atoms with Gasteiger partial charge in [0.25, 0.3) is 5.56 Å². The van der Waals surface area contributed by atoms with Gasteiger partial charge in [0.1, 0.15) is 30.4 Å². The first kappa shape index (κ1) is 44.2. The molecular weight excluding hydrogens is 735 g/mol. The third kappa shape index (κ3) is 14.2. The highest BCUT2D eigenvalue weighted by atomic mass is 31.2. The molecule has 0 amide bonds. The highest BCUT2D eigenvalue weighted by Crippen LogP contribution is 2.54. The van der Waals surface area contributed by atoms with Crippen LogP contribution in [0.15, 0.2) is 52.2 Å². The molecule has 1 aliphatic heterocycles. The molecule has 1 unspecified atom stereocenters. The lowest BCUT2D eigenvalue weighted by atomic mass is 10.1. The maximum absolute atomic E-state index is 14.4. The molecule has 2 aromatic rings. The Kier molecular flexibility index (Phi) is 18.2. The molecule has 0 spiro atoms. The number of methoxy groups -OCH3 is 1. The fraction of sp³-hybridized carbons (Fsp3) is 0.588. The number of unbranched alkanes of at least 4 members (excludes halogenated alkanes) is 4. The van der Waals surface area contributed by atoms with E-state index in [9.17, 15) is 48.7 Å². The molecule has 0 aliphatic carbocycles. The highest BCUT2D eigenvalue weighted by Gasteiger charge is 2.52. The predicted molar refractivity (Wildman–Crippen MR) is 189 cm³/mol. The first-order chi connectivity index (χ1) is 25.8. The second kappa shape index (κ2) is 22.2. The zero-order chi connectivity index (χ0) is 39.7. The normalized spacial score (nSPS) is 20.4. The molecule has 1 aromatic heterocycles. The Morgan fingerprint density at radius 2 is 1.50 bits per heavy atom. The second-order valence-corrected chi connectivity index (χ2v) is 14.0. The van der Waals surface area contributed by atoms with Crippen molar-refractivity contribution >= 4 is 31.7 Å². The van der Waals surface area contributed by atoms with Crippen molar-refractivity contribution in [1.29, 1.82) is 0 Å². The molecule has 19 nitrogen and oxygen atoms in total. The van der Waals surface area contributed by atoms with Gasteiger partial charge in [-0.2, -0.15) is 0 Å². The van der Waals surface area contributed by atoms with Crippen LogP contribution in [0.25, 0.3) is 0 Å². The van der Waals surface area contributed by atoms with Crippen molar-refractivity contribution < 1.29 is 62.1 Å². The first-order valence-corrected chi connectivity index (χ1v) is 19.1. The van der Waals surface area contributed by atoms with Crippen LogP contribution < -0.4 is 21.9 Å². The van der Waals surface area contributed by atoms with Crippen molar-refractivity contribution in [3.05, 3.63) is 69.0 Å². The minimum Gasteiger partial charge on any atom is -0.481 e. The number of hydrogen-bond donors (Lipinski definition) is 6. The first-order valence-electron chi connectivity index (χ1n) is 17.6. The van der Waals surface area contributed by atoms with E-state index in [-0.39, 0.29) is 19.7 Å². The van der Waals surface area contributed by atoms with Crippen LogP contribution in [-0.2, 0) is 53.2 Å². The molecule has 0 saturated carbocycles. The van der Waals surface area contributed by atoms with Crippen molar-refractivity contribution in [2.45, 2.75) is 101 Å². The quantitative estimate of drug-likeness (QED) is 0.0615. The average molecular weight is 785 g/mol. The van der Waals surface area contributed by atoms with E-state index in [0.717, 1.165) is 48.1 Å². The van der Waals surface area contributed by atoms with Crippen molar-refractivity contribution in [3.8, 4) is 0 Å².